The highest BCUT2D eigenvalue weighted by molar-refractivity contribution is 5.97. The molecule has 4 rings (SSSR count). The number of amides is 1. The highest BCUT2D eigenvalue weighted by Crippen LogP contribution is 2.27. The van der Waals surface area contributed by atoms with Gasteiger partial charge in [0.05, 0.1) is 11.0 Å². The fourth-order valence-corrected chi connectivity index (χ4v) is 3.74. The van der Waals surface area contributed by atoms with E-state index in [2.05, 4.69) is 10.3 Å². The van der Waals surface area contributed by atoms with Gasteiger partial charge >= 0.3 is 0 Å². The first kappa shape index (κ1) is 23.1. The van der Waals surface area contributed by atoms with Crippen LogP contribution in [0.5, 0.6) is 0 Å². The second kappa shape index (κ2) is 8.72. The Hall–Kier alpha value is -4.04. The van der Waals surface area contributed by atoms with Crippen molar-refractivity contribution in [3.8, 4) is 16.8 Å². The molecule has 34 heavy (non-hydrogen) atoms. The van der Waals surface area contributed by atoms with E-state index in [4.69, 9.17) is 0 Å². The molecule has 2 N–H and O–H groups in total. The van der Waals surface area contributed by atoms with E-state index in [1.54, 1.807) is 42.8 Å². The van der Waals surface area contributed by atoms with Crippen LogP contribution in [0.15, 0.2) is 72.0 Å². The summed E-state index contributed by atoms with van der Waals surface area (Å²) in [5, 5.41) is 25.7. The third kappa shape index (κ3) is 4.53. The van der Waals surface area contributed by atoms with Gasteiger partial charge in [0.15, 0.2) is 12.4 Å². The number of carbonyl (C=O) groups excluding carboxylic acids is 1. The fourth-order valence-electron chi connectivity index (χ4n) is 3.74. The summed E-state index contributed by atoms with van der Waals surface area (Å²) in [4.78, 5) is 30.2. The van der Waals surface area contributed by atoms with Gasteiger partial charge in [0, 0.05) is 35.2 Å². The molecule has 0 aliphatic heterocycles. The van der Waals surface area contributed by atoms with Crippen LogP contribution in [0, 0.1) is 5.21 Å². The molecule has 0 atom stereocenters. The van der Waals surface area contributed by atoms with E-state index in [9.17, 15) is 19.9 Å². The average molecular weight is 459 g/mol. The monoisotopic (exact) mass is 458 g/mol. The van der Waals surface area contributed by atoms with Gasteiger partial charge in [-0.1, -0.05) is 12.1 Å². The maximum Gasteiger partial charge on any atom is 0.256 e. The number of nitrogens with one attached hydrogen (secondary N) is 1. The molecule has 0 unspecified atom stereocenters. The highest BCUT2D eigenvalue weighted by Gasteiger charge is 2.21. The molecule has 0 saturated heterocycles. The Balaban J connectivity index is 1.91. The van der Waals surface area contributed by atoms with E-state index in [-0.39, 0.29) is 17.0 Å². The first-order valence-corrected chi connectivity index (χ1v) is 10.9. The van der Waals surface area contributed by atoms with Crippen LogP contribution < -0.4 is 15.5 Å². The summed E-state index contributed by atoms with van der Waals surface area (Å²) in [6.07, 6.45) is 5.85. The zero-order valence-corrected chi connectivity index (χ0v) is 19.4. The van der Waals surface area contributed by atoms with Crippen molar-refractivity contribution in [2.24, 2.45) is 0 Å². The molecule has 8 heteroatoms. The third-order valence-electron chi connectivity index (χ3n) is 5.43. The van der Waals surface area contributed by atoms with Gasteiger partial charge in [-0.15, -0.1) is 0 Å². The number of pyridine rings is 3. The standard InChI is InChI=1S/C26H26N4O4/c1-16(2)28-25(32)22-15-30(24-21(23(22)31)9-6-10-27-24)20-8-5-7-17(12-20)18-11-19(26(3,4)33)14-29(34)13-18/h5-16,33H,1-4H3,(H,28,32). The van der Waals surface area contributed by atoms with Crippen molar-refractivity contribution in [1.82, 2.24) is 14.9 Å². The Kier molecular flexibility index (Phi) is 5.93. The molecule has 0 radical (unpaired) electrons. The van der Waals surface area contributed by atoms with E-state index in [0.29, 0.717) is 32.6 Å². The van der Waals surface area contributed by atoms with Gasteiger partial charge in [0.1, 0.15) is 11.2 Å². The number of nitrogens with zero attached hydrogens (tertiary/aromatic N) is 3. The number of benzene rings is 1. The molecule has 0 saturated carbocycles. The predicted octanol–water partition coefficient (Wildman–Crippen LogP) is 3.05. The van der Waals surface area contributed by atoms with Crippen LogP contribution in [0.4, 0.5) is 0 Å². The number of rotatable bonds is 5. The van der Waals surface area contributed by atoms with Gasteiger partial charge in [-0.05, 0) is 63.6 Å². The van der Waals surface area contributed by atoms with E-state index in [1.165, 1.54) is 18.6 Å². The SMILES string of the molecule is CC(C)NC(=O)c1cn(-c2cccc(-c3cc(C(C)(C)O)c[n+]([O-])c3)c2)c2ncccc2c1=O. The lowest BCUT2D eigenvalue weighted by atomic mass is 9.96. The first-order chi connectivity index (χ1) is 16.0. The largest absolute Gasteiger partial charge is 0.619 e. The van der Waals surface area contributed by atoms with Crippen molar-refractivity contribution in [2.45, 2.75) is 39.3 Å². The minimum Gasteiger partial charge on any atom is -0.619 e. The molecular formula is C26H26N4O4. The molecule has 3 aromatic heterocycles. The Bertz CT molecular complexity index is 1450. The predicted molar refractivity (Wildman–Crippen MR) is 130 cm³/mol. The van der Waals surface area contributed by atoms with Gasteiger partial charge in [-0.3, -0.25) is 9.59 Å². The Labute approximate surface area is 196 Å². The van der Waals surface area contributed by atoms with Crippen LogP contribution in [0.3, 0.4) is 0 Å². The van der Waals surface area contributed by atoms with Gasteiger partial charge in [0.2, 0.25) is 5.43 Å². The second-order valence-corrected chi connectivity index (χ2v) is 9.03. The molecule has 0 aliphatic rings. The zero-order chi connectivity index (χ0) is 24.6. The molecule has 0 spiro atoms. The van der Waals surface area contributed by atoms with E-state index in [1.807, 2.05) is 38.1 Å². The van der Waals surface area contributed by atoms with Crippen LogP contribution in [-0.4, -0.2) is 26.6 Å². The lowest BCUT2D eigenvalue weighted by Crippen LogP contribution is -2.34. The molecule has 1 aromatic carbocycles. The van der Waals surface area contributed by atoms with Crippen molar-refractivity contribution in [3.63, 3.8) is 0 Å². The van der Waals surface area contributed by atoms with Gasteiger partial charge < -0.3 is 20.2 Å². The van der Waals surface area contributed by atoms with Crippen LogP contribution in [0.25, 0.3) is 27.8 Å². The molecule has 8 nitrogen and oxygen atoms in total. The number of hydrogen-bond acceptors (Lipinski definition) is 5. The van der Waals surface area contributed by atoms with Gasteiger partial charge in [-0.25, -0.2) is 4.98 Å². The smallest absolute Gasteiger partial charge is 0.256 e. The normalized spacial score (nSPS) is 11.7. The summed E-state index contributed by atoms with van der Waals surface area (Å²) < 4.78 is 2.36. The summed E-state index contributed by atoms with van der Waals surface area (Å²) >= 11 is 0. The molecule has 0 bridgehead atoms. The topological polar surface area (TPSA) is 111 Å². The van der Waals surface area contributed by atoms with Crippen LogP contribution >= 0.6 is 0 Å². The second-order valence-electron chi connectivity index (χ2n) is 9.03. The quantitative estimate of drug-likeness (QED) is 0.353. The molecule has 1 amide bonds. The minimum atomic E-state index is -1.18. The van der Waals surface area contributed by atoms with Crippen molar-refractivity contribution >= 4 is 16.9 Å². The summed E-state index contributed by atoms with van der Waals surface area (Å²) in [6, 6.07) is 12.3. The maximum absolute atomic E-state index is 13.0. The Morgan fingerprint density at radius 3 is 2.62 bits per heavy atom. The van der Waals surface area contributed by atoms with Gasteiger partial charge in [0.25, 0.3) is 5.91 Å². The minimum absolute atomic E-state index is 0.0148. The number of hydrogen-bond donors (Lipinski definition) is 2. The Morgan fingerprint density at radius 2 is 1.91 bits per heavy atom. The lowest BCUT2D eigenvalue weighted by Gasteiger charge is -2.18. The van der Waals surface area contributed by atoms with Crippen LogP contribution in [0.1, 0.15) is 43.6 Å². The highest BCUT2D eigenvalue weighted by atomic mass is 16.5. The van der Waals surface area contributed by atoms with E-state index in [0.717, 1.165) is 5.56 Å². The molecule has 174 valence electrons. The van der Waals surface area contributed by atoms with Crippen molar-refractivity contribution < 1.29 is 14.6 Å². The van der Waals surface area contributed by atoms with Crippen molar-refractivity contribution in [1.29, 1.82) is 0 Å². The zero-order valence-electron chi connectivity index (χ0n) is 19.4. The summed E-state index contributed by atoms with van der Waals surface area (Å²) in [5.41, 5.74) is 1.34. The number of aliphatic hydroxyl groups is 1. The number of carbonyl (C=O) groups is 1. The summed E-state index contributed by atoms with van der Waals surface area (Å²) in [6.45, 7) is 6.88. The Morgan fingerprint density at radius 1 is 1.15 bits per heavy atom. The first-order valence-electron chi connectivity index (χ1n) is 10.9. The van der Waals surface area contributed by atoms with E-state index < -0.39 is 11.5 Å². The van der Waals surface area contributed by atoms with Crippen LogP contribution in [-0.2, 0) is 5.60 Å². The molecule has 0 aliphatic carbocycles. The lowest BCUT2D eigenvalue weighted by molar-refractivity contribution is -0.605. The molecular weight excluding hydrogens is 432 g/mol. The number of fused-ring (bicyclic) bond motifs is 1. The van der Waals surface area contributed by atoms with Gasteiger partial charge in [-0.2, -0.15) is 4.73 Å². The third-order valence-corrected chi connectivity index (χ3v) is 5.43. The molecule has 0 fully saturated rings. The fraction of sp³-hybridized carbons (Fsp3) is 0.231. The van der Waals surface area contributed by atoms with Crippen molar-refractivity contribution in [2.75, 3.05) is 0 Å². The molecule has 4 aromatic rings. The number of aromatic nitrogens is 3. The van der Waals surface area contributed by atoms with Crippen molar-refractivity contribution in [3.05, 3.63) is 93.8 Å². The van der Waals surface area contributed by atoms with Crippen LogP contribution in [0.2, 0.25) is 0 Å². The maximum atomic E-state index is 13.0. The summed E-state index contributed by atoms with van der Waals surface area (Å²) in [5.74, 6) is -0.457. The summed E-state index contributed by atoms with van der Waals surface area (Å²) in [7, 11) is 0. The average Bonchev–Trinajstić information content (AvgIpc) is 2.78. The molecule has 3 heterocycles. The van der Waals surface area contributed by atoms with E-state index >= 15 is 0 Å².